The van der Waals surface area contributed by atoms with Crippen LogP contribution in [-0.4, -0.2) is 43.9 Å². The van der Waals surface area contributed by atoms with Gasteiger partial charge in [-0.15, -0.1) is 11.8 Å². The van der Waals surface area contributed by atoms with E-state index in [0.717, 1.165) is 44.7 Å². The molecule has 1 saturated carbocycles. The van der Waals surface area contributed by atoms with Crippen molar-refractivity contribution in [2.24, 2.45) is 4.99 Å². The van der Waals surface area contributed by atoms with Crippen molar-refractivity contribution < 1.29 is 9.53 Å². The van der Waals surface area contributed by atoms with Crippen molar-refractivity contribution in [1.82, 2.24) is 10.6 Å². The zero-order valence-corrected chi connectivity index (χ0v) is 16.7. The fourth-order valence-corrected chi connectivity index (χ4v) is 3.96. The highest BCUT2D eigenvalue weighted by Crippen LogP contribution is 2.51. The SMILES string of the molecule is CN=C(NCCCCCCC(=O)OC)NCC1(Sc2ccccc2)CC1. The number of esters is 1. The lowest BCUT2D eigenvalue weighted by Gasteiger charge is -2.18. The number of aliphatic imine (C=N–C) groups is 1. The second-order valence-electron chi connectivity index (χ2n) is 6.69. The van der Waals surface area contributed by atoms with Crippen molar-refractivity contribution >= 4 is 23.7 Å². The Bertz CT molecular complexity index is 574. The summed E-state index contributed by atoms with van der Waals surface area (Å²) in [6, 6.07) is 10.6. The molecular weight excluding hydrogens is 346 g/mol. The molecule has 0 amide bonds. The lowest BCUT2D eigenvalue weighted by Crippen LogP contribution is -2.41. The molecule has 0 aromatic heterocycles. The van der Waals surface area contributed by atoms with Gasteiger partial charge in [0.25, 0.3) is 0 Å². The van der Waals surface area contributed by atoms with Crippen LogP contribution in [0.15, 0.2) is 40.2 Å². The fraction of sp³-hybridized carbons (Fsp3) is 0.600. The molecule has 6 heteroatoms. The first-order valence-corrected chi connectivity index (χ1v) is 10.2. The third-order valence-electron chi connectivity index (χ3n) is 4.51. The Hall–Kier alpha value is -1.69. The monoisotopic (exact) mass is 377 g/mol. The zero-order valence-electron chi connectivity index (χ0n) is 15.9. The van der Waals surface area contributed by atoms with E-state index in [9.17, 15) is 4.79 Å². The Morgan fingerprint density at radius 1 is 1.15 bits per heavy atom. The quantitative estimate of drug-likeness (QED) is 0.267. The summed E-state index contributed by atoms with van der Waals surface area (Å²) < 4.78 is 4.96. The van der Waals surface area contributed by atoms with Crippen LogP contribution in [0, 0.1) is 0 Å². The van der Waals surface area contributed by atoms with Crippen molar-refractivity contribution in [3.05, 3.63) is 30.3 Å². The van der Waals surface area contributed by atoms with Gasteiger partial charge >= 0.3 is 5.97 Å². The standard InChI is InChI=1S/C20H31N3O2S/c1-21-19(22-15-9-4-3-8-12-18(24)25-2)23-16-20(13-14-20)26-17-10-6-5-7-11-17/h5-7,10-11H,3-4,8-9,12-16H2,1-2H3,(H2,21,22,23). The summed E-state index contributed by atoms with van der Waals surface area (Å²) in [5, 5.41) is 6.86. The first kappa shape index (κ1) is 20.6. The minimum Gasteiger partial charge on any atom is -0.469 e. The molecule has 0 aliphatic heterocycles. The molecule has 0 spiro atoms. The van der Waals surface area contributed by atoms with Crippen LogP contribution < -0.4 is 10.6 Å². The van der Waals surface area contributed by atoms with Crippen molar-refractivity contribution in [1.29, 1.82) is 0 Å². The number of benzene rings is 1. The van der Waals surface area contributed by atoms with Gasteiger partial charge in [-0.25, -0.2) is 0 Å². The van der Waals surface area contributed by atoms with Gasteiger partial charge in [0.1, 0.15) is 0 Å². The molecule has 1 aromatic carbocycles. The predicted molar refractivity (Wildman–Crippen MR) is 109 cm³/mol. The number of nitrogens with one attached hydrogen (secondary N) is 2. The van der Waals surface area contributed by atoms with Crippen LogP contribution in [0.4, 0.5) is 0 Å². The second-order valence-corrected chi connectivity index (χ2v) is 8.23. The number of thioether (sulfide) groups is 1. The Morgan fingerprint density at radius 2 is 1.88 bits per heavy atom. The lowest BCUT2D eigenvalue weighted by molar-refractivity contribution is -0.140. The zero-order chi connectivity index (χ0) is 18.7. The maximum atomic E-state index is 11.0. The molecule has 0 bridgehead atoms. The Balaban J connectivity index is 1.57. The van der Waals surface area contributed by atoms with E-state index in [1.54, 1.807) is 0 Å². The molecule has 0 unspecified atom stereocenters. The predicted octanol–water partition coefficient (Wildman–Crippen LogP) is 3.60. The van der Waals surface area contributed by atoms with Crippen LogP contribution in [0.2, 0.25) is 0 Å². The van der Waals surface area contributed by atoms with Gasteiger partial charge in [-0.3, -0.25) is 9.79 Å². The van der Waals surface area contributed by atoms with Gasteiger partial charge in [0, 0.05) is 36.2 Å². The van der Waals surface area contributed by atoms with E-state index in [-0.39, 0.29) is 5.97 Å². The van der Waals surface area contributed by atoms with Gasteiger partial charge in [-0.2, -0.15) is 0 Å². The van der Waals surface area contributed by atoms with Gasteiger partial charge in [-0.05, 0) is 37.8 Å². The van der Waals surface area contributed by atoms with Crippen molar-refractivity contribution in [2.75, 3.05) is 27.2 Å². The number of nitrogens with zero attached hydrogens (tertiary/aromatic N) is 1. The number of guanidine groups is 1. The third kappa shape index (κ3) is 7.68. The molecule has 1 aromatic rings. The molecule has 0 atom stereocenters. The van der Waals surface area contributed by atoms with Crippen LogP contribution in [0.3, 0.4) is 0 Å². The average Bonchev–Trinajstić information content (AvgIpc) is 3.43. The van der Waals surface area contributed by atoms with Crippen molar-refractivity contribution in [2.45, 2.75) is 54.6 Å². The number of rotatable bonds is 11. The first-order chi connectivity index (χ1) is 12.7. The summed E-state index contributed by atoms with van der Waals surface area (Å²) in [5.41, 5.74) is 0. The first-order valence-electron chi connectivity index (χ1n) is 9.43. The summed E-state index contributed by atoms with van der Waals surface area (Å²) in [6.45, 7) is 1.84. The van der Waals surface area contributed by atoms with Gasteiger partial charge < -0.3 is 15.4 Å². The van der Waals surface area contributed by atoms with E-state index in [1.807, 2.05) is 18.8 Å². The summed E-state index contributed by atoms with van der Waals surface area (Å²) in [5.74, 6) is 0.759. The largest absolute Gasteiger partial charge is 0.469 e. The molecule has 2 rings (SSSR count). The molecule has 144 valence electrons. The minimum absolute atomic E-state index is 0.116. The van der Waals surface area contributed by atoms with Crippen molar-refractivity contribution in [3.8, 4) is 0 Å². The number of carbonyl (C=O) groups is 1. The van der Waals surface area contributed by atoms with Gasteiger partial charge in [0.05, 0.1) is 7.11 Å². The lowest BCUT2D eigenvalue weighted by atomic mass is 10.1. The van der Waals surface area contributed by atoms with Gasteiger partial charge in [0.15, 0.2) is 5.96 Å². The smallest absolute Gasteiger partial charge is 0.305 e. The molecule has 0 radical (unpaired) electrons. The maximum absolute atomic E-state index is 11.0. The fourth-order valence-electron chi connectivity index (χ4n) is 2.72. The Labute approximate surface area is 161 Å². The van der Waals surface area contributed by atoms with Crippen LogP contribution in [0.1, 0.15) is 44.9 Å². The minimum atomic E-state index is -0.116. The van der Waals surface area contributed by atoms with E-state index < -0.39 is 0 Å². The average molecular weight is 378 g/mol. The molecule has 1 fully saturated rings. The van der Waals surface area contributed by atoms with Gasteiger partial charge in [-0.1, -0.05) is 31.0 Å². The number of hydrogen-bond donors (Lipinski definition) is 2. The number of carbonyl (C=O) groups excluding carboxylic acids is 1. The number of methoxy groups -OCH3 is 1. The van der Waals surface area contributed by atoms with Crippen LogP contribution in [0.5, 0.6) is 0 Å². The highest BCUT2D eigenvalue weighted by atomic mass is 32.2. The number of hydrogen-bond acceptors (Lipinski definition) is 4. The van der Waals surface area contributed by atoms with Crippen LogP contribution in [0.25, 0.3) is 0 Å². The Kier molecular flexibility index (Phi) is 8.81. The van der Waals surface area contributed by atoms with Gasteiger partial charge in [0.2, 0.25) is 0 Å². The highest BCUT2D eigenvalue weighted by molar-refractivity contribution is 8.01. The summed E-state index contributed by atoms with van der Waals surface area (Å²) >= 11 is 1.97. The molecule has 26 heavy (non-hydrogen) atoms. The second kappa shape index (κ2) is 11.1. The van der Waals surface area contributed by atoms with E-state index in [4.69, 9.17) is 0 Å². The number of ether oxygens (including phenoxy) is 1. The molecular formula is C20H31N3O2S. The third-order valence-corrected chi connectivity index (χ3v) is 6.01. The van der Waals surface area contributed by atoms with E-state index in [1.165, 1.54) is 24.8 Å². The summed E-state index contributed by atoms with van der Waals surface area (Å²) in [4.78, 5) is 16.7. The number of unbranched alkanes of at least 4 members (excludes halogenated alkanes) is 3. The normalized spacial score (nSPS) is 15.4. The molecule has 0 heterocycles. The maximum Gasteiger partial charge on any atom is 0.305 e. The molecule has 1 aliphatic rings. The van der Waals surface area contributed by atoms with Crippen LogP contribution >= 0.6 is 11.8 Å². The van der Waals surface area contributed by atoms with Crippen molar-refractivity contribution in [3.63, 3.8) is 0 Å². The highest BCUT2D eigenvalue weighted by Gasteiger charge is 2.43. The molecule has 5 nitrogen and oxygen atoms in total. The molecule has 2 N–H and O–H groups in total. The van der Waals surface area contributed by atoms with Crippen LogP contribution in [-0.2, 0) is 9.53 Å². The van der Waals surface area contributed by atoms with E-state index in [0.29, 0.717) is 11.2 Å². The van der Waals surface area contributed by atoms with E-state index >= 15 is 0 Å². The summed E-state index contributed by atoms with van der Waals surface area (Å²) in [6.07, 6.45) is 7.15. The van der Waals surface area contributed by atoms with E-state index in [2.05, 4.69) is 50.7 Å². The topological polar surface area (TPSA) is 62.7 Å². The summed E-state index contributed by atoms with van der Waals surface area (Å²) in [7, 11) is 3.25. The molecule has 1 aliphatic carbocycles. The molecule has 0 saturated heterocycles. The Morgan fingerprint density at radius 3 is 2.54 bits per heavy atom.